The third-order valence-electron chi connectivity index (χ3n) is 2.63. The Morgan fingerprint density at radius 2 is 2.27 bits per heavy atom. The van der Waals surface area contributed by atoms with Crippen LogP contribution < -0.4 is 5.73 Å². The van der Waals surface area contributed by atoms with Crippen molar-refractivity contribution in [1.29, 1.82) is 0 Å². The average Bonchev–Trinajstić information content (AvgIpc) is 2.15. The van der Waals surface area contributed by atoms with Gasteiger partial charge in [-0.1, -0.05) is 0 Å². The van der Waals surface area contributed by atoms with Crippen molar-refractivity contribution in [2.45, 2.75) is 24.7 Å². The van der Waals surface area contributed by atoms with Gasteiger partial charge in [0.1, 0.15) is 5.54 Å². The lowest BCUT2D eigenvalue weighted by Gasteiger charge is -2.34. The van der Waals surface area contributed by atoms with Gasteiger partial charge < -0.3 is 25.6 Å². The third-order valence-corrected chi connectivity index (χ3v) is 2.63. The van der Waals surface area contributed by atoms with Gasteiger partial charge in [0.2, 0.25) is 0 Å². The Morgan fingerprint density at radius 3 is 2.80 bits per heavy atom. The molecule has 0 unspecified atom stereocenters. The van der Waals surface area contributed by atoms with Crippen LogP contribution in [0.5, 0.6) is 0 Å². The summed E-state index contributed by atoms with van der Waals surface area (Å²) >= 11 is 0. The lowest BCUT2D eigenvalue weighted by atomic mass is 9.77. The second kappa shape index (κ2) is 4.93. The highest BCUT2D eigenvalue weighted by Crippen LogP contribution is 2.25. The van der Waals surface area contributed by atoms with Crippen LogP contribution in [0, 0.1) is 5.92 Å². The second-order valence-electron chi connectivity index (χ2n) is 4.10. The van der Waals surface area contributed by atoms with E-state index in [1.54, 1.807) is 0 Å². The molecule has 0 saturated carbocycles. The van der Waals surface area contributed by atoms with E-state index in [1.165, 1.54) is 0 Å². The van der Waals surface area contributed by atoms with Gasteiger partial charge in [-0.15, -0.1) is 0 Å². The van der Waals surface area contributed by atoms with Crippen molar-refractivity contribution < 1.29 is 24.7 Å². The summed E-state index contributed by atoms with van der Waals surface area (Å²) in [7, 11) is -1.36. The number of ether oxygens (including phenoxy) is 1. The van der Waals surface area contributed by atoms with E-state index < -0.39 is 18.6 Å². The number of carboxylic acid groups (broad SMARTS) is 1. The fourth-order valence-corrected chi connectivity index (χ4v) is 1.76. The van der Waals surface area contributed by atoms with Gasteiger partial charge in [-0.2, -0.15) is 0 Å². The molecule has 1 aliphatic rings. The molecule has 1 rings (SSSR count). The minimum absolute atomic E-state index is 0.0144. The van der Waals surface area contributed by atoms with Crippen LogP contribution >= 0.6 is 0 Å². The molecule has 86 valence electrons. The molecular weight excluding hydrogens is 201 g/mol. The zero-order valence-electron chi connectivity index (χ0n) is 8.43. The summed E-state index contributed by atoms with van der Waals surface area (Å²) in [4.78, 5) is 10.9. The number of nitrogens with two attached hydrogens (primary N) is 1. The van der Waals surface area contributed by atoms with Crippen LogP contribution in [0.3, 0.4) is 0 Å². The van der Waals surface area contributed by atoms with Crippen LogP contribution in [0.2, 0.25) is 6.32 Å². The molecule has 0 aromatic carbocycles. The monoisotopic (exact) mass is 217 g/mol. The molecule has 0 radical (unpaired) electrons. The van der Waals surface area contributed by atoms with Crippen molar-refractivity contribution in [2.75, 3.05) is 13.2 Å². The van der Waals surface area contributed by atoms with E-state index >= 15 is 0 Å². The Labute approximate surface area is 88.2 Å². The fourth-order valence-electron chi connectivity index (χ4n) is 1.76. The molecule has 5 N–H and O–H groups in total. The van der Waals surface area contributed by atoms with Crippen LogP contribution in [-0.4, -0.2) is 47.0 Å². The number of carboxylic acids is 1. The molecule has 1 heterocycles. The van der Waals surface area contributed by atoms with Gasteiger partial charge in [-0.3, -0.25) is 4.79 Å². The van der Waals surface area contributed by atoms with Gasteiger partial charge in [-0.05, 0) is 25.1 Å². The van der Waals surface area contributed by atoms with Gasteiger partial charge in [0.15, 0.2) is 0 Å². The van der Waals surface area contributed by atoms with Gasteiger partial charge in [-0.25, -0.2) is 0 Å². The summed E-state index contributed by atoms with van der Waals surface area (Å²) in [6.07, 6.45) is 1.03. The molecule has 7 heteroatoms. The third kappa shape index (κ3) is 3.46. The highest BCUT2D eigenvalue weighted by atomic mass is 16.5. The minimum Gasteiger partial charge on any atom is -0.480 e. The molecule has 15 heavy (non-hydrogen) atoms. The van der Waals surface area contributed by atoms with Gasteiger partial charge in [0.05, 0.1) is 6.61 Å². The van der Waals surface area contributed by atoms with Crippen molar-refractivity contribution >= 4 is 13.1 Å². The van der Waals surface area contributed by atoms with Crippen molar-refractivity contribution in [1.82, 2.24) is 0 Å². The van der Waals surface area contributed by atoms with E-state index in [-0.39, 0.29) is 18.8 Å². The summed E-state index contributed by atoms with van der Waals surface area (Å²) in [5.41, 5.74) is 4.32. The second-order valence-corrected chi connectivity index (χ2v) is 4.10. The number of hydrogen-bond acceptors (Lipinski definition) is 5. The van der Waals surface area contributed by atoms with Crippen LogP contribution in [0.4, 0.5) is 0 Å². The molecule has 1 fully saturated rings. The van der Waals surface area contributed by atoms with Crippen LogP contribution in [0.25, 0.3) is 0 Å². The number of rotatable bonds is 4. The Balaban J connectivity index is 2.45. The lowest BCUT2D eigenvalue weighted by Crippen LogP contribution is -2.56. The normalized spacial score (nSPS) is 31.3. The highest BCUT2D eigenvalue weighted by Gasteiger charge is 2.40. The molecule has 0 spiro atoms. The van der Waals surface area contributed by atoms with Crippen molar-refractivity contribution in [3.05, 3.63) is 0 Å². The summed E-state index contributed by atoms with van der Waals surface area (Å²) in [6.45, 7) is 0.444. The van der Waals surface area contributed by atoms with Gasteiger partial charge in [0, 0.05) is 6.61 Å². The maximum Gasteiger partial charge on any atom is 0.451 e. The SMILES string of the molecule is N[C@]1(C(=O)O)COC[C@H](CCB(O)O)C1. The minimum atomic E-state index is -1.36. The number of carbonyl (C=O) groups is 1. The molecule has 6 nitrogen and oxygen atoms in total. The smallest absolute Gasteiger partial charge is 0.451 e. The van der Waals surface area contributed by atoms with E-state index in [1.807, 2.05) is 0 Å². The average molecular weight is 217 g/mol. The molecular formula is C8H16BNO5. The first-order valence-electron chi connectivity index (χ1n) is 4.90. The first-order chi connectivity index (χ1) is 6.94. The standard InChI is InChI=1S/C8H16BNO5/c10-8(7(11)12)3-6(4-15-5-8)1-2-9(13)14/h6,13-14H,1-5,10H2,(H,11,12)/t6-,8+/m1/s1. The molecule has 0 amide bonds. The van der Waals surface area contributed by atoms with E-state index in [0.29, 0.717) is 19.4 Å². The molecule has 0 bridgehead atoms. The molecule has 1 saturated heterocycles. The van der Waals surface area contributed by atoms with Crippen LogP contribution in [0.15, 0.2) is 0 Å². The van der Waals surface area contributed by atoms with Crippen LogP contribution in [-0.2, 0) is 9.53 Å². The van der Waals surface area contributed by atoms with E-state index in [2.05, 4.69) is 0 Å². The lowest BCUT2D eigenvalue weighted by molar-refractivity contribution is -0.150. The van der Waals surface area contributed by atoms with Crippen LogP contribution in [0.1, 0.15) is 12.8 Å². The molecule has 1 aliphatic heterocycles. The highest BCUT2D eigenvalue weighted by molar-refractivity contribution is 6.40. The Morgan fingerprint density at radius 1 is 1.60 bits per heavy atom. The van der Waals surface area contributed by atoms with Gasteiger partial charge in [0.25, 0.3) is 0 Å². The Hall–Kier alpha value is -0.625. The van der Waals surface area contributed by atoms with Crippen molar-refractivity contribution in [3.8, 4) is 0 Å². The van der Waals surface area contributed by atoms with E-state index in [4.69, 9.17) is 25.6 Å². The first kappa shape index (κ1) is 12.4. The number of hydrogen-bond donors (Lipinski definition) is 4. The summed E-state index contributed by atoms with van der Waals surface area (Å²) < 4.78 is 5.12. The maximum absolute atomic E-state index is 10.9. The Bertz CT molecular complexity index is 237. The first-order valence-corrected chi connectivity index (χ1v) is 4.90. The maximum atomic E-state index is 10.9. The summed E-state index contributed by atoms with van der Waals surface area (Å²) in [5, 5.41) is 26.3. The van der Waals surface area contributed by atoms with Crippen molar-refractivity contribution in [3.63, 3.8) is 0 Å². The van der Waals surface area contributed by atoms with Gasteiger partial charge >= 0.3 is 13.1 Å². The molecule has 0 aliphatic carbocycles. The predicted molar refractivity (Wildman–Crippen MR) is 53.1 cm³/mol. The molecule has 2 atom stereocenters. The van der Waals surface area contributed by atoms with E-state index in [0.717, 1.165) is 0 Å². The van der Waals surface area contributed by atoms with Crippen molar-refractivity contribution in [2.24, 2.45) is 11.7 Å². The number of aliphatic carboxylic acids is 1. The fraction of sp³-hybridized carbons (Fsp3) is 0.875. The summed E-state index contributed by atoms with van der Waals surface area (Å²) in [5.74, 6) is -1.10. The predicted octanol–water partition coefficient (Wildman–Crippen LogP) is -1.33. The zero-order valence-corrected chi connectivity index (χ0v) is 8.43. The Kier molecular flexibility index (Phi) is 4.09. The molecule has 0 aromatic heterocycles. The largest absolute Gasteiger partial charge is 0.480 e. The topological polar surface area (TPSA) is 113 Å². The zero-order chi connectivity index (χ0) is 11.5. The van der Waals surface area contributed by atoms with E-state index in [9.17, 15) is 4.79 Å². The molecule has 0 aromatic rings. The summed E-state index contributed by atoms with van der Waals surface area (Å²) in [6, 6.07) is 0. The quantitative estimate of drug-likeness (QED) is 0.434.